The summed E-state index contributed by atoms with van der Waals surface area (Å²) in [5.41, 5.74) is 5.34. The maximum Gasteiger partial charge on any atom is 0.323 e. The molecule has 0 aromatic rings. The second kappa shape index (κ2) is 4.30. The van der Waals surface area contributed by atoms with Crippen LogP contribution in [0.1, 0.15) is 48.0 Å². The van der Waals surface area contributed by atoms with Crippen molar-refractivity contribution in [2.45, 2.75) is 59.6 Å². The third-order valence-electron chi connectivity index (χ3n) is 1.54. The van der Waals surface area contributed by atoms with Crippen LogP contribution in [0.4, 0.5) is 0 Å². The van der Waals surface area contributed by atoms with Gasteiger partial charge < -0.3 is 10.5 Å². The SMILES string of the molecule is CC(C)(C)C[C@H](N)C(=O)OC(C)(C)C. The second-order valence-electron chi connectivity index (χ2n) is 5.90. The molecule has 0 unspecified atom stereocenters. The van der Waals surface area contributed by atoms with E-state index in [4.69, 9.17) is 10.5 Å². The fourth-order valence-corrected chi connectivity index (χ4v) is 1.12. The van der Waals surface area contributed by atoms with Gasteiger partial charge in [0.15, 0.2) is 0 Å². The van der Waals surface area contributed by atoms with Crippen molar-refractivity contribution in [3.63, 3.8) is 0 Å². The van der Waals surface area contributed by atoms with Crippen LogP contribution in [0.5, 0.6) is 0 Å². The topological polar surface area (TPSA) is 52.3 Å². The van der Waals surface area contributed by atoms with Gasteiger partial charge in [-0.3, -0.25) is 4.79 Å². The summed E-state index contributed by atoms with van der Waals surface area (Å²) >= 11 is 0. The van der Waals surface area contributed by atoms with Gasteiger partial charge in [0, 0.05) is 0 Å². The number of esters is 1. The second-order valence-corrected chi connectivity index (χ2v) is 5.90. The van der Waals surface area contributed by atoms with Crippen LogP contribution in [0.2, 0.25) is 0 Å². The van der Waals surface area contributed by atoms with Crippen LogP contribution < -0.4 is 5.73 Å². The first-order valence-corrected chi connectivity index (χ1v) is 5.00. The monoisotopic (exact) mass is 201 g/mol. The number of rotatable bonds is 2. The van der Waals surface area contributed by atoms with Gasteiger partial charge in [-0.25, -0.2) is 0 Å². The first-order chi connectivity index (χ1) is 6.01. The predicted octanol–water partition coefficient (Wildman–Crippen LogP) is 2.09. The Balaban J connectivity index is 4.15. The van der Waals surface area contributed by atoms with Crippen molar-refractivity contribution in [2.24, 2.45) is 11.1 Å². The Kier molecular flexibility index (Phi) is 4.13. The molecular formula is C11H23NO2. The number of hydrogen-bond acceptors (Lipinski definition) is 3. The Hall–Kier alpha value is -0.570. The Morgan fingerprint density at radius 2 is 1.64 bits per heavy atom. The quantitative estimate of drug-likeness (QED) is 0.696. The van der Waals surface area contributed by atoms with Gasteiger partial charge in [-0.1, -0.05) is 20.8 Å². The molecule has 2 N–H and O–H groups in total. The van der Waals surface area contributed by atoms with Gasteiger partial charge in [-0.15, -0.1) is 0 Å². The van der Waals surface area contributed by atoms with Crippen LogP contribution in [-0.2, 0) is 9.53 Å². The molecule has 0 aliphatic rings. The third-order valence-corrected chi connectivity index (χ3v) is 1.54. The lowest BCUT2D eigenvalue weighted by Crippen LogP contribution is -2.39. The zero-order valence-electron chi connectivity index (χ0n) is 10.2. The summed E-state index contributed by atoms with van der Waals surface area (Å²) in [7, 11) is 0. The summed E-state index contributed by atoms with van der Waals surface area (Å²) in [5.74, 6) is -0.313. The molecule has 0 fully saturated rings. The van der Waals surface area contributed by atoms with Gasteiger partial charge in [0.1, 0.15) is 11.6 Å². The van der Waals surface area contributed by atoms with E-state index in [1.54, 1.807) is 0 Å². The standard InChI is InChI=1S/C11H23NO2/c1-10(2,3)7-8(12)9(13)14-11(4,5)6/h8H,7,12H2,1-6H3/t8-/m0/s1. The third kappa shape index (κ3) is 6.89. The van der Waals surface area contributed by atoms with Crippen LogP contribution in [0.15, 0.2) is 0 Å². The van der Waals surface area contributed by atoms with Crippen molar-refractivity contribution >= 4 is 5.97 Å². The average molecular weight is 201 g/mol. The van der Waals surface area contributed by atoms with E-state index in [9.17, 15) is 4.79 Å². The number of nitrogens with two attached hydrogens (primary N) is 1. The molecular weight excluding hydrogens is 178 g/mol. The molecule has 3 heteroatoms. The zero-order valence-corrected chi connectivity index (χ0v) is 10.2. The molecule has 0 aliphatic heterocycles. The Bertz CT molecular complexity index is 198. The molecule has 0 bridgehead atoms. The first kappa shape index (κ1) is 13.4. The molecule has 0 aromatic carbocycles. The molecule has 14 heavy (non-hydrogen) atoms. The minimum absolute atomic E-state index is 0.0519. The first-order valence-electron chi connectivity index (χ1n) is 5.00. The molecule has 1 atom stereocenters. The molecule has 84 valence electrons. The average Bonchev–Trinajstić information content (AvgIpc) is 1.78. The van der Waals surface area contributed by atoms with Crippen molar-refractivity contribution in [3.8, 4) is 0 Å². The number of hydrogen-bond donors (Lipinski definition) is 1. The van der Waals surface area contributed by atoms with Crippen LogP contribution in [0.25, 0.3) is 0 Å². The molecule has 0 rings (SSSR count). The van der Waals surface area contributed by atoms with Gasteiger partial charge in [0.2, 0.25) is 0 Å². The highest BCUT2D eigenvalue weighted by molar-refractivity contribution is 5.75. The van der Waals surface area contributed by atoms with Gasteiger partial charge in [-0.05, 0) is 32.6 Å². The van der Waals surface area contributed by atoms with E-state index in [1.807, 2.05) is 20.8 Å². The molecule has 0 heterocycles. The maximum atomic E-state index is 11.5. The Labute approximate surface area is 87.0 Å². The largest absolute Gasteiger partial charge is 0.459 e. The molecule has 3 nitrogen and oxygen atoms in total. The minimum Gasteiger partial charge on any atom is -0.459 e. The van der Waals surface area contributed by atoms with E-state index < -0.39 is 11.6 Å². The van der Waals surface area contributed by atoms with E-state index in [0.29, 0.717) is 6.42 Å². The minimum atomic E-state index is -0.519. The molecule has 0 aromatic heterocycles. The van der Waals surface area contributed by atoms with Crippen molar-refractivity contribution in [1.82, 2.24) is 0 Å². The van der Waals surface area contributed by atoms with Crippen molar-refractivity contribution in [3.05, 3.63) is 0 Å². The van der Waals surface area contributed by atoms with Crippen molar-refractivity contribution in [1.29, 1.82) is 0 Å². The summed E-state index contributed by atoms with van der Waals surface area (Å²) in [6.45, 7) is 11.7. The van der Waals surface area contributed by atoms with Gasteiger partial charge in [-0.2, -0.15) is 0 Å². The van der Waals surface area contributed by atoms with E-state index in [2.05, 4.69) is 20.8 Å². The highest BCUT2D eigenvalue weighted by Gasteiger charge is 2.25. The number of ether oxygens (including phenoxy) is 1. The van der Waals surface area contributed by atoms with Gasteiger partial charge in [0.25, 0.3) is 0 Å². The zero-order chi connectivity index (χ0) is 11.6. The highest BCUT2D eigenvalue weighted by Crippen LogP contribution is 2.21. The van der Waals surface area contributed by atoms with Crippen LogP contribution in [-0.4, -0.2) is 17.6 Å². The lowest BCUT2D eigenvalue weighted by molar-refractivity contribution is -0.157. The van der Waals surface area contributed by atoms with Gasteiger partial charge in [0.05, 0.1) is 0 Å². The van der Waals surface area contributed by atoms with Gasteiger partial charge >= 0.3 is 5.97 Å². The summed E-state index contributed by atoms with van der Waals surface area (Å²) in [4.78, 5) is 11.5. The normalized spacial score (nSPS) is 15.1. The summed E-state index contributed by atoms with van der Waals surface area (Å²) in [6.07, 6.45) is 0.641. The van der Waals surface area contributed by atoms with Crippen LogP contribution >= 0.6 is 0 Å². The predicted molar refractivity (Wildman–Crippen MR) is 57.9 cm³/mol. The summed E-state index contributed by atoms with van der Waals surface area (Å²) in [5, 5.41) is 0. The highest BCUT2D eigenvalue weighted by atomic mass is 16.6. The summed E-state index contributed by atoms with van der Waals surface area (Å²) in [6, 6.07) is -0.519. The van der Waals surface area contributed by atoms with Crippen LogP contribution in [0, 0.1) is 5.41 Å². The molecule has 0 amide bonds. The maximum absolute atomic E-state index is 11.5. The van der Waals surface area contributed by atoms with Crippen molar-refractivity contribution in [2.75, 3.05) is 0 Å². The van der Waals surface area contributed by atoms with E-state index >= 15 is 0 Å². The lowest BCUT2D eigenvalue weighted by atomic mass is 9.88. The Morgan fingerprint density at radius 1 is 1.21 bits per heavy atom. The van der Waals surface area contributed by atoms with E-state index in [-0.39, 0.29) is 11.4 Å². The molecule has 0 radical (unpaired) electrons. The fourth-order valence-electron chi connectivity index (χ4n) is 1.12. The van der Waals surface area contributed by atoms with E-state index in [0.717, 1.165) is 0 Å². The molecule has 0 aliphatic carbocycles. The fraction of sp³-hybridized carbons (Fsp3) is 0.909. The van der Waals surface area contributed by atoms with Crippen LogP contribution in [0.3, 0.4) is 0 Å². The van der Waals surface area contributed by atoms with E-state index in [1.165, 1.54) is 0 Å². The molecule has 0 spiro atoms. The molecule has 0 saturated carbocycles. The van der Waals surface area contributed by atoms with Crippen molar-refractivity contribution < 1.29 is 9.53 Å². The molecule has 0 saturated heterocycles. The Morgan fingerprint density at radius 3 is 1.93 bits per heavy atom. The number of carbonyl (C=O) groups is 1. The smallest absolute Gasteiger partial charge is 0.323 e. The lowest BCUT2D eigenvalue weighted by Gasteiger charge is -2.26. The summed E-state index contributed by atoms with van der Waals surface area (Å²) < 4.78 is 5.18. The number of carbonyl (C=O) groups excluding carboxylic acids is 1.